The molecule has 1 aliphatic heterocycles. The number of hydrogen-bond acceptors (Lipinski definition) is 4. The van der Waals surface area contributed by atoms with Crippen molar-refractivity contribution in [3.05, 3.63) is 64.6 Å². The Morgan fingerprint density at radius 2 is 1.75 bits per heavy atom. The maximum Gasteiger partial charge on any atom is 0.270 e. The Morgan fingerprint density at radius 3 is 2.38 bits per heavy atom. The van der Waals surface area contributed by atoms with Gasteiger partial charge in [-0.2, -0.15) is 0 Å². The van der Waals surface area contributed by atoms with Crippen LogP contribution in [0.4, 0.5) is 11.4 Å². The maximum absolute atomic E-state index is 12.8. The molecular weight excluding hydrogens is 336 g/mol. The van der Waals surface area contributed by atoms with Crippen LogP contribution in [0.25, 0.3) is 6.08 Å². The van der Waals surface area contributed by atoms with Crippen molar-refractivity contribution < 1.29 is 4.79 Å². The zero-order valence-corrected chi connectivity index (χ0v) is 15.4. The highest BCUT2D eigenvalue weighted by molar-refractivity contribution is 8.27. The molecule has 1 saturated heterocycles. The Kier molecular flexibility index (Phi) is 4.73. The van der Waals surface area contributed by atoms with Crippen LogP contribution in [-0.2, 0) is 4.79 Å². The van der Waals surface area contributed by atoms with Gasteiger partial charge in [0, 0.05) is 19.8 Å². The van der Waals surface area contributed by atoms with E-state index in [1.165, 1.54) is 11.8 Å². The van der Waals surface area contributed by atoms with Crippen LogP contribution in [0.15, 0.2) is 53.4 Å². The number of anilines is 2. The first-order chi connectivity index (χ1) is 11.5. The summed E-state index contributed by atoms with van der Waals surface area (Å²) in [5, 5.41) is 0. The Bertz CT molecular complexity index is 826. The number of benzene rings is 2. The van der Waals surface area contributed by atoms with Crippen LogP contribution in [0.5, 0.6) is 0 Å². The number of carbonyl (C=O) groups excluding carboxylic acids is 1. The molecule has 5 heteroatoms. The van der Waals surface area contributed by atoms with Gasteiger partial charge < -0.3 is 4.90 Å². The number of nitrogens with zero attached hydrogens (tertiary/aromatic N) is 2. The average molecular weight is 355 g/mol. The summed E-state index contributed by atoms with van der Waals surface area (Å²) in [5.41, 5.74) is 4.00. The van der Waals surface area contributed by atoms with Crippen LogP contribution < -0.4 is 9.80 Å². The molecule has 0 N–H and O–H groups in total. The summed E-state index contributed by atoms with van der Waals surface area (Å²) in [5.74, 6) is -0.0593. The van der Waals surface area contributed by atoms with E-state index in [9.17, 15) is 4.79 Å². The Hall–Kier alpha value is -2.11. The minimum Gasteiger partial charge on any atom is -0.378 e. The third kappa shape index (κ3) is 3.23. The Morgan fingerprint density at radius 1 is 1.08 bits per heavy atom. The fourth-order valence-corrected chi connectivity index (χ4v) is 3.79. The molecule has 0 spiro atoms. The molecule has 2 aromatic rings. The molecule has 2 aromatic carbocycles. The van der Waals surface area contributed by atoms with E-state index in [2.05, 4.69) is 0 Å². The van der Waals surface area contributed by atoms with Crippen LogP contribution in [0.3, 0.4) is 0 Å². The van der Waals surface area contributed by atoms with Crippen molar-refractivity contribution in [2.24, 2.45) is 0 Å². The quantitative estimate of drug-likeness (QED) is 0.599. The van der Waals surface area contributed by atoms with Gasteiger partial charge in [0.2, 0.25) is 0 Å². The molecule has 0 atom stereocenters. The molecule has 0 aromatic heterocycles. The summed E-state index contributed by atoms with van der Waals surface area (Å²) in [4.78, 5) is 17.1. The van der Waals surface area contributed by atoms with E-state index in [4.69, 9.17) is 12.2 Å². The molecule has 1 amide bonds. The van der Waals surface area contributed by atoms with Crippen molar-refractivity contribution in [1.82, 2.24) is 0 Å². The van der Waals surface area contributed by atoms with Gasteiger partial charge >= 0.3 is 0 Å². The first kappa shape index (κ1) is 16.7. The van der Waals surface area contributed by atoms with Gasteiger partial charge in [0.25, 0.3) is 5.91 Å². The number of hydrogen-bond donors (Lipinski definition) is 0. The second kappa shape index (κ2) is 6.79. The van der Waals surface area contributed by atoms with E-state index < -0.39 is 0 Å². The summed E-state index contributed by atoms with van der Waals surface area (Å²) < 4.78 is 0.575. The number of thiocarbonyl (C=S) groups is 1. The number of thioether (sulfide) groups is 1. The van der Waals surface area contributed by atoms with E-state index in [0.717, 1.165) is 22.5 Å². The monoisotopic (exact) mass is 354 g/mol. The molecule has 0 aliphatic carbocycles. The molecule has 0 radical (unpaired) electrons. The molecule has 1 aliphatic rings. The Balaban J connectivity index is 1.90. The fourth-order valence-electron chi connectivity index (χ4n) is 2.51. The second-order valence-electron chi connectivity index (χ2n) is 5.79. The predicted molar refractivity (Wildman–Crippen MR) is 108 cm³/mol. The second-order valence-corrected chi connectivity index (χ2v) is 7.47. The smallest absolute Gasteiger partial charge is 0.270 e. The lowest BCUT2D eigenvalue weighted by Crippen LogP contribution is -2.28. The molecular formula is C19H18N2OS2. The molecule has 1 fully saturated rings. The fraction of sp³-hybridized carbons (Fsp3) is 0.158. The normalized spacial score (nSPS) is 16.1. The SMILES string of the molecule is Cc1ccccc1N1C(=O)C(=Cc2ccc(N(C)C)cc2)SC1=S. The average Bonchev–Trinajstić information content (AvgIpc) is 2.83. The van der Waals surface area contributed by atoms with Gasteiger partial charge in [-0.05, 0) is 42.3 Å². The minimum absolute atomic E-state index is 0.0593. The number of para-hydroxylation sites is 1. The van der Waals surface area contributed by atoms with Crippen LogP contribution >= 0.6 is 24.0 Å². The summed E-state index contributed by atoms with van der Waals surface area (Å²) >= 11 is 6.78. The minimum atomic E-state index is -0.0593. The Labute approximate surface area is 152 Å². The zero-order valence-electron chi connectivity index (χ0n) is 13.8. The maximum atomic E-state index is 12.8. The van der Waals surface area contributed by atoms with E-state index >= 15 is 0 Å². The van der Waals surface area contributed by atoms with E-state index in [1.54, 1.807) is 4.90 Å². The predicted octanol–water partition coefficient (Wildman–Crippen LogP) is 4.47. The van der Waals surface area contributed by atoms with Crippen LogP contribution in [-0.4, -0.2) is 24.3 Å². The third-order valence-corrected chi connectivity index (χ3v) is 5.16. The van der Waals surface area contributed by atoms with Crippen molar-refractivity contribution in [3.63, 3.8) is 0 Å². The lowest BCUT2D eigenvalue weighted by atomic mass is 10.1. The largest absolute Gasteiger partial charge is 0.378 e. The van der Waals surface area contributed by atoms with E-state index in [0.29, 0.717) is 9.23 Å². The summed E-state index contributed by atoms with van der Waals surface area (Å²) in [7, 11) is 4.00. The molecule has 24 heavy (non-hydrogen) atoms. The van der Waals surface area contributed by atoms with Crippen LogP contribution in [0.1, 0.15) is 11.1 Å². The summed E-state index contributed by atoms with van der Waals surface area (Å²) in [6.45, 7) is 1.98. The van der Waals surface area contributed by atoms with Crippen molar-refractivity contribution in [1.29, 1.82) is 0 Å². The number of amides is 1. The van der Waals surface area contributed by atoms with Gasteiger partial charge in [-0.1, -0.05) is 54.3 Å². The number of aryl methyl sites for hydroxylation is 1. The highest BCUT2D eigenvalue weighted by Crippen LogP contribution is 2.37. The molecule has 0 saturated carbocycles. The molecule has 0 unspecified atom stereocenters. The molecule has 3 rings (SSSR count). The lowest BCUT2D eigenvalue weighted by Gasteiger charge is -2.16. The van der Waals surface area contributed by atoms with E-state index in [1.807, 2.05) is 80.5 Å². The van der Waals surface area contributed by atoms with Gasteiger partial charge in [0.05, 0.1) is 10.6 Å². The van der Waals surface area contributed by atoms with Gasteiger partial charge in [-0.15, -0.1) is 0 Å². The van der Waals surface area contributed by atoms with Crippen molar-refractivity contribution in [2.75, 3.05) is 23.9 Å². The topological polar surface area (TPSA) is 23.6 Å². The van der Waals surface area contributed by atoms with Crippen LogP contribution in [0.2, 0.25) is 0 Å². The van der Waals surface area contributed by atoms with E-state index in [-0.39, 0.29) is 5.91 Å². The third-order valence-electron chi connectivity index (χ3n) is 3.86. The lowest BCUT2D eigenvalue weighted by molar-refractivity contribution is -0.113. The van der Waals surface area contributed by atoms with Gasteiger partial charge in [-0.3, -0.25) is 9.69 Å². The highest BCUT2D eigenvalue weighted by Gasteiger charge is 2.33. The highest BCUT2D eigenvalue weighted by atomic mass is 32.2. The molecule has 3 nitrogen and oxygen atoms in total. The zero-order chi connectivity index (χ0) is 17.3. The summed E-state index contributed by atoms with van der Waals surface area (Å²) in [6.07, 6.45) is 1.90. The first-order valence-corrected chi connectivity index (χ1v) is 8.81. The molecule has 0 bridgehead atoms. The number of carbonyl (C=O) groups is 1. The molecule has 1 heterocycles. The molecule has 122 valence electrons. The van der Waals surface area contributed by atoms with Gasteiger partial charge in [-0.25, -0.2) is 0 Å². The van der Waals surface area contributed by atoms with Gasteiger partial charge in [0.15, 0.2) is 4.32 Å². The number of rotatable bonds is 3. The van der Waals surface area contributed by atoms with Crippen LogP contribution in [0, 0.1) is 6.92 Å². The summed E-state index contributed by atoms with van der Waals surface area (Å²) in [6, 6.07) is 15.9. The van der Waals surface area contributed by atoms with Crippen molar-refractivity contribution >= 4 is 51.7 Å². The first-order valence-electron chi connectivity index (χ1n) is 7.58. The van der Waals surface area contributed by atoms with Crippen molar-refractivity contribution in [3.8, 4) is 0 Å². The van der Waals surface area contributed by atoms with Crippen molar-refractivity contribution in [2.45, 2.75) is 6.92 Å². The standard InChI is InChI=1S/C19H18N2OS2/c1-13-6-4-5-7-16(13)21-18(22)17(24-19(21)23)12-14-8-10-15(11-9-14)20(2)3/h4-12H,1-3H3. The van der Waals surface area contributed by atoms with Gasteiger partial charge in [0.1, 0.15) is 0 Å².